The third-order valence-corrected chi connectivity index (χ3v) is 5.66. The number of rotatable bonds is 10. The zero-order valence-electron chi connectivity index (χ0n) is 18.8. The second kappa shape index (κ2) is 12.4. The molecule has 8 nitrogen and oxygen atoms in total. The van der Waals surface area contributed by atoms with Gasteiger partial charge in [0, 0.05) is 25.8 Å². The lowest BCUT2D eigenvalue weighted by Crippen LogP contribution is -2.60. The van der Waals surface area contributed by atoms with E-state index >= 15 is 0 Å². The quantitative estimate of drug-likeness (QED) is 0.450. The Morgan fingerprint density at radius 3 is 2.42 bits per heavy atom. The lowest BCUT2D eigenvalue weighted by Gasteiger charge is -2.37. The summed E-state index contributed by atoms with van der Waals surface area (Å²) in [7, 11) is 1.61. The molecule has 0 radical (unpaired) electrons. The van der Waals surface area contributed by atoms with Crippen LogP contribution < -0.4 is 20.1 Å². The van der Waals surface area contributed by atoms with Crippen molar-refractivity contribution in [3.05, 3.63) is 59.7 Å². The summed E-state index contributed by atoms with van der Waals surface area (Å²) in [6.07, 6.45) is 1.12. The number of aromatic carboxylic acids is 1. The zero-order chi connectivity index (χ0) is 23.0. The third kappa shape index (κ3) is 7.08. The van der Waals surface area contributed by atoms with Crippen LogP contribution in [0.2, 0.25) is 0 Å². The second-order valence-electron chi connectivity index (χ2n) is 7.77. The highest BCUT2D eigenvalue weighted by Gasteiger charge is 2.40. The molecule has 3 rings (SSSR count). The molecule has 9 heteroatoms. The Balaban J connectivity index is 0.00000385. The van der Waals surface area contributed by atoms with Gasteiger partial charge in [-0.1, -0.05) is 18.2 Å². The molecular formula is C24H31ClN2O6. The molecule has 0 spiro atoms. The van der Waals surface area contributed by atoms with Gasteiger partial charge in [0.05, 0.1) is 18.7 Å². The van der Waals surface area contributed by atoms with Crippen molar-refractivity contribution < 1.29 is 28.9 Å². The average molecular weight is 479 g/mol. The second-order valence-corrected chi connectivity index (χ2v) is 7.77. The number of hydrogen-bond donors (Lipinski definition) is 3. The predicted molar refractivity (Wildman–Crippen MR) is 126 cm³/mol. The minimum atomic E-state index is -0.977. The number of halogens is 1. The molecule has 0 bridgehead atoms. The molecule has 0 saturated carbocycles. The largest absolute Gasteiger partial charge is 0.497 e. The Morgan fingerprint density at radius 1 is 1.12 bits per heavy atom. The van der Waals surface area contributed by atoms with Crippen LogP contribution in [0, 0.1) is 0 Å². The van der Waals surface area contributed by atoms with Crippen LogP contribution in [-0.4, -0.2) is 56.0 Å². The van der Waals surface area contributed by atoms with E-state index in [-0.39, 0.29) is 29.9 Å². The minimum absolute atomic E-state index is 0. The molecule has 1 aliphatic rings. The van der Waals surface area contributed by atoms with Crippen molar-refractivity contribution >= 4 is 24.3 Å². The molecule has 180 valence electrons. The molecule has 0 aliphatic carbocycles. The summed E-state index contributed by atoms with van der Waals surface area (Å²) in [6, 6.07) is 13.6. The molecule has 1 atom stereocenters. The highest BCUT2D eigenvalue weighted by Crippen LogP contribution is 2.24. The van der Waals surface area contributed by atoms with Gasteiger partial charge in [0.15, 0.2) is 0 Å². The maximum Gasteiger partial charge on any atom is 0.335 e. The van der Waals surface area contributed by atoms with Crippen LogP contribution in [0.4, 0.5) is 0 Å². The first-order valence-electron chi connectivity index (χ1n) is 10.7. The molecule has 2 aromatic rings. The number of carbonyl (C=O) groups is 2. The standard InChI is InChI=1S/C24H30N2O6.ClH/c1-17(18-6-8-19(9-7-18)22(27)28)26-23(29)24(10-13-31-14-11-24)25-12-15-32-21-5-3-4-20(16-21)30-2;/h3-9,16-17,25H,10-15H2,1-2H3,(H,26,29)(H,27,28);1H/t17-;/m0./s1. The van der Waals surface area contributed by atoms with E-state index in [2.05, 4.69) is 10.6 Å². The zero-order valence-corrected chi connectivity index (χ0v) is 19.7. The van der Waals surface area contributed by atoms with E-state index in [9.17, 15) is 9.59 Å². The number of carbonyl (C=O) groups excluding carboxylic acids is 1. The topological polar surface area (TPSA) is 106 Å². The molecule has 2 aromatic carbocycles. The lowest BCUT2D eigenvalue weighted by molar-refractivity contribution is -0.132. The molecule has 1 heterocycles. The molecule has 1 fully saturated rings. The first kappa shape index (κ1) is 26.4. The van der Waals surface area contributed by atoms with Gasteiger partial charge in [-0.05, 0) is 49.6 Å². The van der Waals surface area contributed by atoms with Crippen molar-refractivity contribution in [1.29, 1.82) is 0 Å². The number of methoxy groups -OCH3 is 1. The van der Waals surface area contributed by atoms with Gasteiger partial charge >= 0.3 is 5.97 Å². The van der Waals surface area contributed by atoms with Crippen LogP contribution in [0.1, 0.15) is 41.7 Å². The average Bonchev–Trinajstić information content (AvgIpc) is 2.82. The highest BCUT2D eigenvalue weighted by molar-refractivity contribution is 5.88. The number of nitrogens with one attached hydrogen (secondary N) is 2. The van der Waals surface area contributed by atoms with Crippen molar-refractivity contribution in [2.45, 2.75) is 31.3 Å². The summed E-state index contributed by atoms with van der Waals surface area (Å²) in [6.45, 7) is 3.77. The summed E-state index contributed by atoms with van der Waals surface area (Å²) in [5, 5.41) is 15.5. The van der Waals surface area contributed by atoms with Crippen LogP contribution >= 0.6 is 12.4 Å². The Labute approximate surface area is 200 Å². The van der Waals surface area contributed by atoms with Crippen molar-refractivity contribution in [2.75, 3.05) is 33.5 Å². The van der Waals surface area contributed by atoms with Crippen LogP contribution in [0.25, 0.3) is 0 Å². The van der Waals surface area contributed by atoms with Gasteiger partial charge in [0.1, 0.15) is 23.6 Å². The van der Waals surface area contributed by atoms with E-state index in [1.54, 1.807) is 31.4 Å². The van der Waals surface area contributed by atoms with Crippen LogP contribution in [0.3, 0.4) is 0 Å². The summed E-state index contributed by atoms with van der Waals surface area (Å²) >= 11 is 0. The van der Waals surface area contributed by atoms with Crippen molar-refractivity contribution in [3.63, 3.8) is 0 Å². The molecule has 1 amide bonds. The molecule has 1 aliphatic heterocycles. The molecule has 1 saturated heterocycles. The SMILES string of the molecule is COc1cccc(OCCNC2(C(=O)N[C@@H](C)c3ccc(C(=O)O)cc3)CCOCC2)c1.Cl. The fraction of sp³-hybridized carbons (Fsp3) is 0.417. The number of hydrogen-bond acceptors (Lipinski definition) is 6. The van der Waals surface area contributed by atoms with Crippen molar-refractivity contribution in [1.82, 2.24) is 10.6 Å². The van der Waals surface area contributed by atoms with Gasteiger partial charge in [-0.2, -0.15) is 0 Å². The summed E-state index contributed by atoms with van der Waals surface area (Å²) in [4.78, 5) is 24.3. The predicted octanol–water partition coefficient (Wildman–Crippen LogP) is 3.21. The fourth-order valence-electron chi connectivity index (χ4n) is 3.69. The Kier molecular flexibility index (Phi) is 9.96. The number of benzene rings is 2. The minimum Gasteiger partial charge on any atom is -0.497 e. The molecule has 0 unspecified atom stereocenters. The smallest absolute Gasteiger partial charge is 0.335 e. The molecular weight excluding hydrogens is 448 g/mol. The number of ether oxygens (including phenoxy) is 3. The monoisotopic (exact) mass is 478 g/mol. The van der Waals surface area contributed by atoms with Crippen LogP contribution in [0.15, 0.2) is 48.5 Å². The van der Waals surface area contributed by atoms with Crippen molar-refractivity contribution in [3.8, 4) is 11.5 Å². The van der Waals surface area contributed by atoms with Gasteiger partial charge in [-0.25, -0.2) is 4.79 Å². The Bertz CT molecular complexity index is 915. The normalized spacial score (nSPS) is 15.6. The summed E-state index contributed by atoms with van der Waals surface area (Å²) in [5.41, 5.74) is 0.309. The third-order valence-electron chi connectivity index (χ3n) is 5.66. The van der Waals surface area contributed by atoms with Crippen molar-refractivity contribution in [2.24, 2.45) is 0 Å². The van der Waals surface area contributed by atoms with Crippen LogP contribution in [0.5, 0.6) is 11.5 Å². The Hall–Kier alpha value is -2.81. The first-order chi connectivity index (χ1) is 15.4. The number of carboxylic acid groups (broad SMARTS) is 1. The number of amides is 1. The van der Waals surface area contributed by atoms with Gasteiger partial charge in [-0.3, -0.25) is 10.1 Å². The lowest BCUT2D eigenvalue weighted by atomic mass is 9.88. The van der Waals surface area contributed by atoms with Gasteiger partial charge < -0.3 is 24.6 Å². The van der Waals surface area contributed by atoms with E-state index in [0.29, 0.717) is 45.0 Å². The maximum absolute atomic E-state index is 13.2. The Morgan fingerprint density at radius 2 is 1.79 bits per heavy atom. The molecule has 3 N–H and O–H groups in total. The van der Waals surface area contributed by atoms with E-state index in [4.69, 9.17) is 19.3 Å². The van der Waals surface area contributed by atoms with E-state index in [1.807, 2.05) is 31.2 Å². The molecule has 33 heavy (non-hydrogen) atoms. The van der Waals surface area contributed by atoms with Gasteiger partial charge in [-0.15, -0.1) is 12.4 Å². The highest BCUT2D eigenvalue weighted by atomic mass is 35.5. The summed E-state index contributed by atoms with van der Waals surface area (Å²) < 4.78 is 16.5. The van der Waals surface area contributed by atoms with Gasteiger partial charge in [0.2, 0.25) is 5.91 Å². The number of carboxylic acids is 1. The molecule has 0 aromatic heterocycles. The van der Waals surface area contributed by atoms with E-state index in [0.717, 1.165) is 11.3 Å². The maximum atomic E-state index is 13.2. The van der Waals surface area contributed by atoms with Crippen LogP contribution in [-0.2, 0) is 9.53 Å². The first-order valence-corrected chi connectivity index (χ1v) is 10.7. The fourth-order valence-corrected chi connectivity index (χ4v) is 3.69. The summed E-state index contributed by atoms with van der Waals surface area (Å²) in [5.74, 6) is 0.350. The van der Waals surface area contributed by atoms with E-state index in [1.165, 1.54) is 0 Å². The van der Waals surface area contributed by atoms with Gasteiger partial charge in [0.25, 0.3) is 0 Å². The van der Waals surface area contributed by atoms with E-state index < -0.39 is 11.5 Å².